The number of ether oxygens (including phenoxy) is 1. The van der Waals surface area contributed by atoms with Crippen LogP contribution in [0, 0.1) is 0 Å². The maximum absolute atomic E-state index is 12.5. The molecule has 1 amide bonds. The largest absolute Gasteiger partial charge is 0.479 e. The standard InChI is InChI=1S/C19H22Cl2N2O3/c1-13(26-17-7-6-14(20)11-15(17)21)19(24)22-12-16(18-5-4-10-25-18)23-8-2-3-9-23/h4-7,10-11,13,16H,2-3,8-9,12H2,1H3,(H,22,24). The van der Waals surface area contributed by atoms with E-state index in [2.05, 4.69) is 10.2 Å². The van der Waals surface area contributed by atoms with Crippen LogP contribution in [-0.4, -0.2) is 36.5 Å². The molecule has 1 aliphatic heterocycles. The molecule has 1 aromatic carbocycles. The van der Waals surface area contributed by atoms with Gasteiger partial charge in [-0.3, -0.25) is 9.69 Å². The molecular formula is C19H22Cl2N2O3. The van der Waals surface area contributed by atoms with E-state index in [1.165, 1.54) is 12.8 Å². The summed E-state index contributed by atoms with van der Waals surface area (Å²) in [7, 11) is 0. The predicted octanol–water partition coefficient (Wildman–Crippen LogP) is 4.31. The number of halogens is 2. The number of hydrogen-bond acceptors (Lipinski definition) is 4. The van der Waals surface area contributed by atoms with Crippen LogP contribution in [0.1, 0.15) is 31.6 Å². The van der Waals surface area contributed by atoms with Crippen LogP contribution in [0.25, 0.3) is 0 Å². The summed E-state index contributed by atoms with van der Waals surface area (Å²) in [4.78, 5) is 14.8. The van der Waals surface area contributed by atoms with Crippen molar-refractivity contribution >= 4 is 29.1 Å². The minimum Gasteiger partial charge on any atom is -0.479 e. The maximum atomic E-state index is 12.5. The lowest BCUT2D eigenvalue weighted by atomic mass is 10.2. The van der Waals surface area contributed by atoms with Crippen molar-refractivity contribution in [1.82, 2.24) is 10.2 Å². The second-order valence-corrected chi connectivity index (χ2v) is 7.20. The van der Waals surface area contributed by atoms with Crippen molar-refractivity contribution in [3.63, 3.8) is 0 Å². The molecule has 0 aliphatic carbocycles. The summed E-state index contributed by atoms with van der Waals surface area (Å²) in [5.41, 5.74) is 0. The van der Waals surface area contributed by atoms with Gasteiger partial charge in [-0.05, 0) is 63.2 Å². The van der Waals surface area contributed by atoms with Crippen molar-refractivity contribution in [3.05, 3.63) is 52.4 Å². The topological polar surface area (TPSA) is 54.7 Å². The highest BCUT2D eigenvalue weighted by molar-refractivity contribution is 6.35. The zero-order chi connectivity index (χ0) is 18.5. The normalized spacial score (nSPS) is 17.0. The number of nitrogens with one attached hydrogen (secondary N) is 1. The molecule has 0 radical (unpaired) electrons. The molecule has 0 saturated carbocycles. The molecule has 2 unspecified atom stereocenters. The molecule has 1 fully saturated rings. The number of carbonyl (C=O) groups is 1. The van der Waals surface area contributed by atoms with Crippen molar-refractivity contribution in [2.24, 2.45) is 0 Å². The van der Waals surface area contributed by atoms with E-state index in [0.29, 0.717) is 22.3 Å². The third kappa shape index (κ3) is 4.72. The third-order valence-corrected chi connectivity index (χ3v) is 5.02. The van der Waals surface area contributed by atoms with Gasteiger partial charge in [0.1, 0.15) is 11.5 Å². The van der Waals surface area contributed by atoms with Crippen LogP contribution < -0.4 is 10.1 Å². The summed E-state index contributed by atoms with van der Waals surface area (Å²) in [6.07, 6.45) is 3.32. The number of benzene rings is 1. The first-order chi connectivity index (χ1) is 12.5. The van der Waals surface area contributed by atoms with E-state index in [1.807, 2.05) is 12.1 Å². The van der Waals surface area contributed by atoms with Gasteiger partial charge in [0.2, 0.25) is 0 Å². The summed E-state index contributed by atoms with van der Waals surface area (Å²) >= 11 is 12.0. The Balaban J connectivity index is 1.59. The van der Waals surface area contributed by atoms with Crippen LogP contribution in [0.3, 0.4) is 0 Å². The Labute approximate surface area is 163 Å². The number of carbonyl (C=O) groups excluding carboxylic acids is 1. The Bertz CT molecular complexity index is 730. The van der Waals surface area contributed by atoms with Gasteiger partial charge in [0.25, 0.3) is 5.91 Å². The number of rotatable bonds is 7. The number of likely N-dealkylation sites (tertiary alicyclic amines) is 1. The highest BCUT2D eigenvalue weighted by Gasteiger charge is 2.27. The summed E-state index contributed by atoms with van der Waals surface area (Å²) in [5.74, 6) is 1.09. The monoisotopic (exact) mass is 396 g/mol. The molecular weight excluding hydrogens is 375 g/mol. The van der Waals surface area contributed by atoms with Gasteiger partial charge in [0, 0.05) is 11.6 Å². The van der Waals surface area contributed by atoms with Crippen molar-refractivity contribution in [2.45, 2.75) is 31.9 Å². The Morgan fingerprint density at radius 1 is 1.31 bits per heavy atom. The molecule has 2 heterocycles. The molecule has 0 bridgehead atoms. The van der Waals surface area contributed by atoms with Crippen molar-refractivity contribution in [3.8, 4) is 5.75 Å². The van der Waals surface area contributed by atoms with E-state index >= 15 is 0 Å². The Hall–Kier alpha value is -1.69. The highest BCUT2D eigenvalue weighted by atomic mass is 35.5. The summed E-state index contributed by atoms with van der Waals surface area (Å²) in [5, 5.41) is 3.86. The molecule has 3 rings (SSSR count). The van der Waals surface area contributed by atoms with Crippen molar-refractivity contribution in [1.29, 1.82) is 0 Å². The zero-order valence-corrected chi connectivity index (χ0v) is 16.1. The van der Waals surface area contributed by atoms with Gasteiger partial charge in [-0.15, -0.1) is 0 Å². The van der Waals surface area contributed by atoms with Crippen LogP contribution in [0.4, 0.5) is 0 Å². The molecule has 5 nitrogen and oxygen atoms in total. The minimum absolute atomic E-state index is 0.0303. The fourth-order valence-corrected chi connectivity index (χ4v) is 3.55. The van der Waals surface area contributed by atoms with Gasteiger partial charge in [0.15, 0.2) is 6.10 Å². The SMILES string of the molecule is CC(Oc1ccc(Cl)cc1Cl)C(=O)NCC(c1ccco1)N1CCCC1. The van der Waals surface area contributed by atoms with Crippen LogP contribution in [0.5, 0.6) is 5.75 Å². The van der Waals surface area contributed by atoms with Gasteiger partial charge >= 0.3 is 0 Å². The Morgan fingerprint density at radius 3 is 2.73 bits per heavy atom. The predicted molar refractivity (Wildman–Crippen MR) is 102 cm³/mol. The lowest BCUT2D eigenvalue weighted by molar-refractivity contribution is -0.127. The summed E-state index contributed by atoms with van der Waals surface area (Å²) < 4.78 is 11.2. The molecule has 0 spiro atoms. The van der Waals surface area contributed by atoms with Crippen LogP contribution in [-0.2, 0) is 4.79 Å². The van der Waals surface area contributed by atoms with Crippen molar-refractivity contribution in [2.75, 3.05) is 19.6 Å². The quantitative estimate of drug-likeness (QED) is 0.757. The molecule has 1 aliphatic rings. The second-order valence-electron chi connectivity index (χ2n) is 6.35. The van der Waals surface area contributed by atoms with Gasteiger partial charge in [-0.1, -0.05) is 23.2 Å². The number of nitrogens with zero attached hydrogens (tertiary/aromatic N) is 1. The molecule has 140 valence electrons. The smallest absolute Gasteiger partial charge is 0.260 e. The number of hydrogen-bond donors (Lipinski definition) is 1. The van der Waals surface area contributed by atoms with E-state index in [1.54, 1.807) is 31.4 Å². The van der Waals surface area contributed by atoms with Crippen molar-refractivity contribution < 1.29 is 13.9 Å². The van der Waals surface area contributed by atoms with E-state index in [9.17, 15) is 4.79 Å². The highest BCUT2D eigenvalue weighted by Crippen LogP contribution is 2.28. The van der Waals surface area contributed by atoms with E-state index in [-0.39, 0.29) is 11.9 Å². The van der Waals surface area contributed by atoms with Gasteiger partial charge in [0.05, 0.1) is 17.3 Å². The first kappa shape index (κ1) is 19.1. The average Bonchev–Trinajstić information content (AvgIpc) is 3.31. The maximum Gasteiger partial charge on any atom is 0.260 e. The molecule has 2 atom stereocenters. The zero-order valence-electron chi connectivity index (χ0n) is 14.6. The Kier molecular flexibility index (Phi) is 6.46. The van der Waals surface area contributed by atoms with Crippen LogP contribution in [0.15, 0.2) is 41.0 Å². The molecule has 7 heteroatoms. The third-order valence-electron chi connectivity index (χ3n) is 4.49. The molecule has 1 saturated heterocycles. The lowest BCUT2D eigenvalue weighted by Crippen LogP contribution is -2.41. The van der Waals surface area contributed by atoms with E-state index in [4.69, 9.17) is 32.4 Å². The molecule has 26 heavy (non-hydrogen) atoms. The van der Waals surface area contributed by atoms with Crippen LogP contribution in [0.2, 0.25) is 10.0 Å². The van der Waals surface area contributed by atoms with Gasteiger partial charge in [-0.2, -0.15) is 0 Å². The first-order valence-corrected chi connectivity index (χ1v) is 9.47. The van der Waals surface area contributed by atoms with Gasteiger partial charge in [-0.25, -0.2) is 0 Å². The first-order valence-electron chi connectivity index (χ1n) is 8.71. The summed E-state index contributed by atoms with van der Waals surface area (Å²) in [6, 6.07) is 8.76. The molecule has 1 aromatic heterocycles. The van der Waals surface area contributed by atoms with E-state index < -0.39 is 6.10 Å². The number of furan rings is 1. The van der Waals surface area contributed by atoms with Gasteiger partial charge < -0.3 is 14.5 Å². The summed E-state index contributed by atoms with van der Waals surface area (Å²) in [6.45, 7) is 4.17. The Morgan fingerprint density at radius 2 is 2.08 bits per heavy atom. The average molecular weight is 397 g/mol. The fourth-order valence-electron chi connectivity index (χ4n) is 3.10. The lowest BCUT2D eigenvalue weighted by Gasteiger charge is -2.26. The second kappa shape index (κ2) is 8.80. The molecule has 1 N–H and O–H groups in total. The number of amides is 1. The fraction of sp³-hybridized carbons (Fsp3) is 0.421. The molecule has 2 aromatic rings. The van der Waals surface area contributed by atoms with Crippen LogP contribution >= 0.6 is 23.2 Å². The minimum atomic E-state index is -0.676. The van der Waals surface area contributed by atoms with E-state index in [0.717, 1.165) is 18.8 Å².